The van der Waals surface area contributed by atoms with Crippen molar-refractivity contribution in [2.24, 2.45) is 5.41 Å². The maximum Gasteiger partial charge on any atom is 0.0443 e. The van der Waals surface area contributed by atoms with E-state index in [1.54, 1.807) is 0 Å². The lowest BCUT2D eigenvalue weighted by atomic mass is 9.62. The highest BCUT2D eigenvalue weighted by molar-refractivity contribution is 5.96. The van der Waals surface area contributed by atoms with Crippen LogP contribution in [0.4, 0.5) is 17.1 Å². The van der Waals surface area contributed by atoms with Gasteiger partial charge in [-0.25, -0.2) is 0 Å². The third kappa shape index (κ3) is 5.23. The van der Waals surface area contributed by atoms with E-state index in [2.05, 4.69) is 181 Å². The van der Waals surface area contributed by atoms with Gasteiger partial charge in [-0.2, -0.15) is 0 Å². The molecule has 11 rings (SSSR count). The summed E-state index contributed by atoms with van der Waals surface area (Å²) in [5.41, 5.74) is 14.7. The van der Waals surface area contributed by atoms with Crippen LogP contribution in [0, 0.1) is 5.41 Å². The van der Waals surface area contributed by atoms with Gasteiger partial charge in [0.2, 0.25) is 0 Å². The third-order valence-corrected chi connectivity index (χ3v) is 12.9. The molecule has 2 heteroatoms. The second-order valence-corrected chi connectivity index (χ2v) is 16.1. The molecular formula is C53H44N2. The fourth-order valence-corrected chi connectivity index (χ4v) is 10.2. The Morgan fingerprint density at radius 2 is 1.09 bits per heavy atom. The molecule has 0 fully saturated rings. The number of fused-ring (bicyclic) bond motifs is 6. The van der Waals surface area contributed by atoms with Crippen molar-refractivity contribution in [3.63, 3.8) is 0 Å². The number of nitrogens with zero attached hydrogens (tertiary/aromatic N) is 2. The molecule has 0 amide bonds. The zero-order valence-electron chi connectivity index (χ0n) is 31.4. The molecule has 2 heterocycles. The maximum atomic E-state index is 2.59. The first-order chi connectivity index (χ1) is 27.1. The SMILES string of the molecule is CC12CC=C(N3CCCc4ccccc43)C=C1C(c1ccc3ccccc3c1)=c1ccc(N3CCCc4ccccc43)cc1=C2c1ccc2ccccc2c1. The van der Waals surface area contributed by atoms with E-state index in [4.69, 9.17) is 0 Å². The van der Waals surface area contributed by atoms with Crippen molar-refractivity contribution in [3.8, 4) is 0 Å². The van der Waals surface area contributed by atoms with Crippen LogP contribution in [0.1, 0.15) is 48.4 Å². The smallest absolute Gasteiger partial charge is 0.0443 e. The van der Waals surface area contributed by atoms with Gasteiger partial charge in [0.15, 0.2) is 0 Å². The normalized spacial score (nSPS) is 19.0. The second kappa shape index (κ2) is 12.7. The first-order valence-corrected chi connectivity index (χ1v) is 20.1. The Kier molecular flexibility index (Phi) is 7.49. The zero-order chi connectivity index (χ0) is 36.5. The van der Waals surface area contributed by atoms with Crippen molar-refractivity contribution >= 4 is 49.8 Å². The number of anilines is 3. The van der Waals surface area contributed by atoms with Gasteiger partial charge in [0.1, 0.15) is 0 Å². The number of allylic oxidation sites excluding steroid dienone is 3. The molecule has 0 radical (unpaired) electrons. The van der Waals surface area contributed by atoms with Crippen LogP contribution in [0.5, 0.6) is 0 Å². The van der Waals surface area contributed by atoms with Crippen LogP contribution in [0.15, 0.2) is 175 Å². The summed E-state index contributed by atoms with van der Waals surface area (Å²) in [5, 5.41) is 7.77. The first-order valence-electron chi connectivity index (χ1n) is 20.1. The maximum absolute atomic E-state index is 2.59. The monoisotopic (exact) mass is 708 g/mol. The van der Waals surface area contributed by atoms with E-state index in [-0.39, 0.29) is 5.41 Å². The fourth-order valence-electron chi connectivity index (χ4n) is 10.2. The summed E-state index contributed by atoms with van der Waals surface area (Å²) in [6.45, 7) is 4.58. The Labute approximate surface area is 323 Å². The Hall–Kier alpha value is -6.12. The van der Waals surface area contributed by atoms with E-state index in [1.165, 1.54) is 93.7 Å². The Morgan fingerprint density at radius 1 is 0.509 bits per heavy atom. The summed E-state index contributed by atoms with van der Waals surface area (Å²) in [5.74, 6) is 0. The molecule has 0 aromatic heterocycles. The highest BCUT2D eigenvalue weighted by Gasteiger charge is 2.41. The number of hydrogen-bond acceptors (Lipinski definition) is 2. The molecule has 266 valence electrons. The van der Waals surface area contributed by atoms with E-state index >= 15 is 0 Å². The largest absolute Gasteiger partial charge is 0.342 e. The van der Waals surface area contributed by atoms with E-state index in [0.29, 0.717) is 0 Å². The molecule has 2 nitrogen and oxygen atoms in total. The van der Waals surface area contributed by atoms with Gasteiger partial charge in [-0.3, -0.25) is 0 Å². The highest BCUT2D eigenvalue weighted by Crippen LogP contribution is 2.52. The van der Waals surface area contributed by atoms with E-state index in [9.17, 15) is 0 Å². The molecule has 1 unspecified atom stereocenters. The van der Waals surface area contributed by atoms with Gasteiger partial charge in [0.05, 0.1) is 0 Å². The zero-order valence-corrected chi connectivity index (χ0v) is 31.4. The average Bonchev–Trinajstić information content (AvgIpc) is 3.24. The average molecular weight is 709 g/mol. The van der Waals surface area contributed by atoms with Gasteiger partial charge in [-0.1, -0.05) is 128 Å². The third-order valence-electron chi connectivity index (χ3n) is 12.9. The molecule has 7 aromatic carbocycles. The molecule has 1 atom stereocenters. The second-order valence-electron chi connectivity index (χ2n) is 16.1. The molecule has 0 spiro atoms. The van der Waals surface area contributed by atoms with Crippen molar-refractivity contribution in [1.82, 2.24) is 0 Å². The van der Waals surface area contributed by atoms with Crippen molar-refractivity contribution in [3.05, 3.63) is 208 Å². The molecule has 2 aliphatic heterocycles. The van der Waals surface area contributed by atoms with Gasteiger partial charge in [-0.05, 0) is 146 Å². The molecule has 55 heavy (non-hydrogen) atoms. The number of hydrogen-bond donors (Lipinski definition) is 0. The van der Waals surface area contributed by atoms with Crippen molar-refractivity contribution in [2.45, 2.75) is 39.0 Å². The van der Waals surface area contributed by atoms with Crippen LogP contribution in [0.25, 0.3) is 32.7 Å². The van der Waals surface area contributed by atoms with Gasteiger partial charge < -0.3 is 9.80 Å². The van der Waals surface area contributed by atoms with Crippen LogP contribution in [-0.2, 0) is 12.8 Å². The predicted molar refractivity (Wildman–Crippen MR) is 231 cm³/mol. The molecule has 2 aliphatic carbocycles. The van der Waals surface area contributed by atoms with Crippen LogP contribution < -0.4 is 20.2 Å². The van der Waals surface area contributed by atoms with Crippen LogP contribution >= 0.6 is 0 Å². The van der Waals surface area contributed by atoms with E-state index in [0.717, 1.165) is 45.2 Å². The Morgan fingerprint density at radius 3 is 1.80 bits per heavy atom. The summed E-state index contributed by atoms with van der Waals surface area (Å²) in [6.07, 6.45) is 10.6. The first kappa shape index (κ1) is 32.3. The lowest BCUT2D eigenvalue weighted by Gasteiger charge is -2.43. The van der Waals surface area contributed by atoms with Gasteiger partial charge in [-0.15, -0.1) is 0 Å². The quantitative estimate of drug-likeness (QED) is 0.180. The van der Waals surface area contributed by atoms with Crippen molar-refractivity contribution < 1.29 is 0 Å². The Balaban J connectivity index is 1.22. The topological polar surface area (TPSA) is 6.48 Å². The van der Waals surface area contributed by atoms with Gasteiger partial charge in [0, 0.05) is 41.3 Å². The van der Waals surface area contributed by atoms with Gasteiger partial charge in [0.25, 0.3) is 0 Å². The summed E-state index contributed by atoms with van der Waals surface area (Å²) in [7, 11) is 0. The van der Waals surface area contributed by atoms with Crippen molar-refractivity contribution in [2.75, 3.05) is 22.9 Å². The minimum atomic E-state index is -0.270. The van der Waals surface area contributed by atoms with Crippen LogP contribution in [-0.4, -0.2) is 13.1 Å². The number of aryl methyl sites for hydroxylation is 2. The number of rotatable bonds is 4. The molecule has 0 saturated heterocycles. The number of para-hydroxylation sites is 2. The standard InChI is InChI=1S/C53H44N2/c1-53-29-28-45(55-31-11-19-39-15-7-9-21-50(39)55)35-48(53)51(42-24-22-36-12-2-4-16-40(36)32-42)46-27-26-44(54-30-10-18-38-14-6-8-20-49(38)54)34-47(46)52(53)43-25-23-37-13-3-5-17-41(37)33-43/h2-9,12-17,20-28,32-35H,10-11,18-19,29-31H2,1H3. The molecular weight excluding hydrogens is 665 g/mol. The summed E-state index contributed by atoms with van der Waals surface area (Å²) < 4.78 is 0. The van der Waals surface area contributed by atoms with Crippen LogP contribution in [0.3, 0.4) is 0 Å². The van der Waals surface area contributed by atoms with Crippen LogP contribution in [0.2, 0.25) is 0 Å². The fraction of sp³-hybridized carbons (Fsp3) is 0.170. The molecule has 4 aliphatic rings. The predicted octanol–water partition coefficient (Wildman–Crippen LogP) is 11.2. The number of benzene rings is 7. The van der Waals surface area contributed by atoms with E-state index in [1.807, 2.05) is 0 Å². The molecule has 0 N–H and O–H groups in total. The lowest BCUT2D eigenvalue weighted by molar-refractivity contribution is 0.541. The minimum Gasteiger partial charge on any atom is -0.342 e. The molecule has 7 aromatic rings. The summed E-state index contributed by atoms with van der Waals surface area (Å²) >= 11 is 0. The summed E-state index contributed by atoms with van der Waals surface area (Å²) in [6, 6.07) is 57.3. The van der Waals surface area contributed by atoms with E-state index < -0.39 is 0 Å². The summed E-state index contributed by atoms with van der Waals surface area (Å²) in [4.78, 5) is 5.15. The van der Waals surface area contributed by atoms with Gasteiger partial charge >= 0.3 is 0 Å². The lowest BCUT2D eigenvalue weighted by Crippen LogP contribution is -2.44. The minimum absolute atomic E-state index is 0.270. The highest BCUT2D eigenvalue weighted by atomic mass is 15.2. The Bertz CT molecular complexity index is 2890. The molecule has 0 saturated carbocycles. The van der Waals surface area contributed by atoms with Crippen molar-refractivity contribution in [1.29, 1.82) is 0 Å². The molecule has 0 bridgehead atoms.